The molecule has 7 nitrogen and oxygen atoms in total. The Hall–Kier alpha value is -2.32. The zero-order valence-electron chi connectivity index (χ0n) is 11.8. The summed E-state index contributed by atoms with van der Waals surface area (Å²) in [5.41, 5.74) is -1.60. The van der Waals surface area contributed by atoms with Gasteiger partial charge in [-0.2, -0.15) is 0 Å². The van der Waals surface area contributed by atoms with Crippen LogP contribution in [0.1, 0.15) is 25.6 Å². The molecule has 0 fully saturated rings. The quantitative estimate of drug-likeness (QED) is 0.816. The predicted molar refractivity (Wildman–Crippen MR) is 70.5 cm³/mol. The molecule has 0 atom stereocenters. The van der Waals surface area contributed by atoms with E-state index in [4.69, 9.17) is 0 Å². The Kier molecular flexibility index (Phi) is 3.75. The Morgan fingerprint density at radius 2 is 1.86 bits per heavy atom. The highest BCUT2D eigenvalue weighted by molar-refractivity contribution is 5.75. The number of hydrogen-bond donors (Lipinski definition) is 0. The van der Waals surface area contributed by atoms with E-state index in [0.717, 1.165) is 13.7 Å². The number of ketones is 1. The van der Waals surface area contributed by atoms with Crippen LogP contribution in [0.3, 0.4) is 0 Å². The standard InChI is InChI=1S/C12H14F2N4O3/c1-6(19)4-5-18-11(20)7-9(17(3)12(18)21)15-10(8(13)14)16(7)2/h8H,4-5H2,1-3H3. The van der Waals surface area contributed by atoms with Crippen molar-refractivity contribution in [2.24, 2.45) is 14.1 Å². The van der Waals surface area contributed by atoms with Gasteiger partial charge >= 0.3 is 5.69 Å². The second-order valence-corrected chi connectivity index (χ2v) is 4.75. The highest BCUT2D eigenvalue weighted by atomic mass is 19.3. The van der Waals surface area contributed by atoms with Crippen LogP contribution in [0.4, 0.5) is 8.78 Å². The third-order valence-electron chi connectivity index (χ3n) is 3.28. The molecule has 0 saturated carbocycles. The van der Waals surface area contributed by atoms with E-state index >= 15 is 0 Å². The van der Waals surface area contributed by atoms with Gasteiger partial charge < -0.3 is 4.57 Å². The van der Waals surface area contributed by atoms with Crippen molar-refractivity contribution in [3.8, 4) is 0 Å². The number of imidazole rings is 1. The van der Waals surface area contributed by atoms with Gasteiger partial charge in [-0.3, -0.25) is 18.7 Å². The van der Waals surface area contributed by atoms with Crippen LogP contribution in [0.2, 0.25) is 0 Å². The molecule has 9 heteroatoms. The molecule has 0 spiro atoms. The molecule has 0 aliphatic rings. The molecule has 0 N–H and O–H groups in total. The molecular weight excluding hydrogens is 286 g/mol. The number of aryl methyl sites for hydroxylation is 2. The highest BCUT2D eigenvalue weighted by Crippen LogP contribution is 2.20. The van der Waals surface area contributed by atoms with E-state index in [-0.39, 0.29) is 29.9 Å². The fourth-order valence-electron chi connectivity index (χ4n) is 2.12. The second kappa shape index (κ2) is 5.23. The van der Waals surface area contributed by atoms with E-state index in [2.05, 4.69) is 4.98 Å². The summed E-state index contributed by atoms with van der Waals surface area (Å²) in [6.45, 7) is 1.25. The Morgan fingerprint density at radius 1 is 1.24 bits per heavy atom. The van der Waals surface area contributed by atoms with Gasteiger partial charge in [0, 0.05) is 27.1 Å². The van der Waals surface area contributed by atoms with Gasteiger partial charge in [-0.1, -0.05) is 0 Å². The van der Waals surface area contributed by atoms with E-state index in [9.17, 15) is 23.2 Å². The van der Waals surface area contributed by atoms with Crippen molar-refractivity contribution in [1.29, 1.82) is 0 Å². The number of halogens is 2. The van der Waals surface area contributed by atoms with Gasteiger partial charge in [0.05, 0.1) is 0 Å². The first-order valence-corrected chi connectivity index (χ1v) is 6.19. The lowest BCUT2D eigenvalue weighted by molar-refractivity contribution is -0.117. The summed E-state index contributed by atoms with van der Waals surface area (Å²) in [5, 5.41) is 0. The molecule has 2 heterocycles. The van der Waals surface area contributed by atoms with Crippen LogP contribution in [-0.4, -0.2) is 24.5 Å². The Bertz CT molecular complexity index is 832. The fourth-order valence-corrected chi connectivity index (χ4v) is 2.12. The van der Waals surface area contributed by atoms with Crippen LogP contribution in [0.15, 0.2) is 9.59 Å². The minimum atomic E-state index is -2.86. The topological polar surface area (TPSA) is 78.9 Å². The Morgan fingerprint density at radius 3 is 2.38 bits per heavy atom. The summed E-state index contributed by atoms with van der Waals surface area (Å²) in [4.78, 5) is 39.1. The van der Waals surface area contributed by atoms with Gasteiger partial charge in [-0.15, -0.1) is 0 Å². The van der Waals surface area contributed by atoms with Crippen molar-refractivity contribution < 1.29 is 13.6 Å². The van der Waals surface area contributed by atoms with E-state index in [0.29, 0.717) is 0 Å². The molecule has 0 radical (unpaired) electrons. The second-order valence-electron chi connectivity index (χ2n) is 4.75. The summed E-state index contributed by atoms with van der Waals surface area (Å²) in [5.74, 6) is -0.760. The first-order chi connectivity index (χ1) is 9.75. The van der Waals surface area contributed by atoms with E-state index in [1.54, 1.807) is 0 Å². The van der Waals surface area contributed by atoms with Crippen LogP contribution in [0.5, 0.6) is 0 Å². The number of nitrogens with zero attached hydrogens (tertiary/aromatic N) is 4. The van der Waals surface area contributed by atoms with Crippen molar-refractivity contribution in [3.05, 3.63) is 26.7 Å². The largest absolute Gasteiger partial charge is 0.332 e. The number of hydrogen-bond acceptors (Lipinski definition) is 4. The molecule has 0 aromatic carbocycles. The molecule has 0 amide bonds. The average molecular weight is 300 g/mol. The minimum Gasteiger partial charge on any atom is -0.320 e. The molecule has 2 rings (SSSR count). The highest BCUT2D eigenvalue weighted by Gasteiger charge is 2.22. The first kappa shape index (κ1) is 15.1. The Labute approximate surface area is 117 Å². The fraction of sp³-hybridized carbons (Fsp3) is 0.500. The summed E-state index contributed by atoms with van der Waals surface area (Å²) in [6, 6.07) is 0. The first-order valence-electron chi connectivity index (χ1n) is 6.19. The number of fused-ring (bicyclic) bond motifs is 1. The monoisotopic (exact) mass is 300 g/mol. The zero-order valence-corrected chi connectivity index (χ0v) is 11.8. The maximum absolute atomic E-state index is 12.9. The van der Waals surface area contributed by atoms with Crippen molar-refractivity contribution >= 4 is 16.9 Å². The van der Waals surface area contributed by atoms with E-state index < -0.39 is 23.5 Å². The van der Waals surface area contributed by atoms with E-state index in [1.165, 1.54) is 21.0 Å². The van der Waals surface area contributed by atoms with Crippen LogP contribution < -0.4 is 11.2 Å². The van der Waals surface area contributed by atoms with Gasteiger partial charge in [-0.25, -0.2) is 18.6 Å². The smallest absolute Gasteiger partial charge is 0.320 e. The molecular formula is C12H14F2N4O3. The number of Topliss-reactive ketones (excluding diaryl/α,β-unsaturated/α-hetero) is 1. The molecule has 0 aliphatic heterocycles. The molecule has 0 saturated heterocycles. The maximum atomic E-state index is 12.9. The molecule has 2 aromatic heterocycles. The lowest BCUT2D eigenvalue weighted by atomic mass is 10.3. The maximum Gasteiger partial charge on any atom is 0.332 e. The number of rotatable bonds is 4. The van der Waals surface area contributed by atoms with Crippen LogP contribution in [0.25, 0.3) is 11.2 Å². The lowest BCUT2D eigenvalue weighted by Gasteiger charge is -2.07. The number of carbonyl (C=O) groups excluding carboxylic acids is 1. The third-order valence-corrected chi connectivity index (χ3v) is 3.28. The molecule has 114 valence electrons. The summed E-state index contributed by atoms with van der Waals surface area (Å²) < 4.78 is 28.6. The third kappa shape index (κ3) is 2.39. The Balaban J connectivity index is 2.79. The van der Waals surface area contributed by atoms with Gasteiger partial charge in [0.15, 0.2) is 17.0 Å². The number of aromatic nitrogens is 4. The van der Waals surface area contributed by atoms with E-state index in [1.807, 2.05) is 0 Å². The van der Waals surface area contributed by atoms with Crippen molar-refractivity contribution in [3.63, 3.8) is 0 Å². The van der Waals surface area contributed by atoms with Crippen molar-refractivity contribution in [1.82, 2.24) is 18.7 Å². The summed E-state index contributed by atoms with van der Waals surface area (Å²) in [6.07, 6.45) is -2.84. The molecule has 0 bridgehead atoms. The van der Waals surface area contributed by atoms with Crippen LogP contribution >= 0.6 is 0 Å². The summed E-state index contributed by atoms with van der Waals surface area (Å²) >= 11 is 0. The average Bonchev–Trinajstić information content (AvgIpc) is 2.74. The van der Waals surface area contributed by atoms with Gasteiger partial charge in [0.2, 0.25) is 0 Å². The van der Waals surface area contributed by atoms with Crippen LogP contribution in [0, 0.1) is 0 Å². The van der Waals surface area contributed by atoms with Gasteiger partial charge in [0.1, 0.15) is 5.78 Å². The number of carbonyl (C=O) groups is 1. The van der Waals surface area contributed by atoms with Gasteiger partial charge in [-0.05, 0) is 6.92 Å². The van der Waals surface area contributed by atoms with Gasteiger partial charge in [0.25, 0.3) is 12.0 Å². The summed E-state index contributed by atoms with van der Waals surface area (Å²) in [7, 11) is 2.63. The SMILES string of the molecule is CC(=O)CCn1c(=O)c2c(nc(C(F)F)n2C)n(C)c1=O. The normalized spacial score (nSPS) is 11.5. The van der Waals surface area contributed by atoms with Crippen LogP contribution in [-0.2, 0) is 25.4 Å². The molecule has 2 aromatic rings. The predicted octanol–water partition coefficient (Wildman–Crippen LogP) is 0.350. The number of alkyl halides is 2. The van der Waals surface area contributed by atoms with Crippen molar-refractivity contribution in [2.45, 2.75) is 26.3 Å². The molecule has 0 aliphatic carbocycles. The molecule has 21 heavy (non-hydrogen) atoms. The zero-order chi connectivity index (χ0) is 15.9. The minimum absolute atomic E-state index is 0.0141. The van der Waals surface area contributed by atoms with Crippen molar-refractivity contribution in [2.75, 3.05) is 0 Å². The molecule has 0 unspecified atom stereocenters. The lowest BCUT2D eigenvalue weighted by Crippen LogP contribution is -2.39.